The number of pyridine rings is 1. The van der Waals surface area contributed by atoms with Gasteiger partial charge in [0.2, 0.25) is 5.91 Å². The third kappa shape index (κ3) is 4.17. The second-order valence-electron chi connectivity index (χ2n) is 6.23. The Labute approximate surface area is 156 Å². The van der Waals surface area contributed by atoms with Crippen LogP contribution in [0.4, 0.5) is 5.82 Å². The van der Waals surface area contributed by atoms with E-state index in [1.165, 1.54) is 5.57 Å². The molecule has 0 saturated heterocycles. The number of aliphatic imine (C=N–C) groups is 1. The number of hydrogen-bond acceptors (Lipinski definition) is 7. The number of anilines is 1. The smallest absolute Gasteiger partial charge is 0.245 e. The van der Waals surface area contributed by atoms with Gasteiger partial charge in [0.1, 0.15) is 5.82 Å². The van der Waals surface area contributed by atoms with Gasteiger partial charge in [0.05, 0.1) is 30.8 Å². The van der Waals surface area contributed by atoms with Crippen LogP contribution in [0.3, 0.4) is 0 Å². The van der Waals surface area contributed by atoms with E-state index < -0.39 is 0 Å². The van der Waals surface area contributed by atoms with Gasteiger partial charge in [0, 0.05) is 37.2 Å². The number of nitrogens with zero attached hydrogens (tertiary/aromatic N) is 5. The summed E-state index contributed by atoms with van der Waals surface area (Å²) in [7, 11) is 0. The maximum atomic E-state index is 12.3. The highest BCUT2D eigenvalue weighted by Crippen LogP contribution is 2.17. The van der Waals surface area contributed by atoms with Crippen LogP contribution in [0.15, 0.2) is 65.8 Å². The number of carbonyl (C=O) groups is 1. The molecule has 0 bridgehead atoms. The summed E-state index contributed by atoms with van der Waals surface area (Å²) < 4.78 is 0. The summed E-state index contributed by atoms with van der Waals surface area (Å²) >= 11 is 0. The van der Waals surface area contributed by atoms with Crippen molar-refractivity contribution in [1.29, 1.82) is 0 Å². The number of nitrogens with one attached hydrogen (secondary N) is 2. The predicted octanol–water partition coefficient (Wildman–Crippen LogP) is 1.23. The van der Waals surface area contributed by atoms with E-state index >= 15 is 0 Å². The van der Waals surface area contributed by atoms with E-state index in [-0.39, 0.29) is 18.5 Å². The molecule has 4 rings (SSSR count). The van der Waals surface area contributed by atoms with Crippen molar-refractivity contribution in [1.82, 2.24) is 25.2 Å². The summed E-state index contributed by atoms with van der Waals surface area (Å²) in [4.78, 5) is 31.2. The first-order valence-corrected chi connectivity index (χ1v) is 8.67. The third-order valence-electron chi connectivity index (χ3n) is 4.29. The molecule has 0 spiro atoms. The minimum absolute atomic E-state index is 0.0838. The first-order valence-electron chi connectivity index (χ1n) is 8.67. The highest BCUT2D eigenvalue weighted by Gasteiger charge is 2.22. The average molecular weight is 361 g/mol. The molecule has 2 aromatic rings. The second kappa shape index (κ2) is 7.77. The SMILES string of the molecule is O=C(CN1C=NC(C2=CCNC=C2)C1)Nc1ccc(-c2cnccn2)cn1. The van der Waals surface area contributed by atoms with Crippen LogP contribution in [0.25, 0.3) is 11.3 Å². The van der Waals surface area contributed by atoms with Crippen molar-refractivity contribution in [2.75, 3.05) is 25.0 Å². The number of amides is 1. The monoisotopic (exact) mass is 361 g/mol. The molecule has 2 aliphatic rings. The molecule has 136 valence electrons. The summed E-state index contributed by atoms with van der Waals surface area (Å²) in [5.41, 5.74) is 2.76. The van der Waals surface area contributed by atoms with Crippen LogP contribution >= 0.6 is 0 Å². The van der Waals surface area contributed by atoms with Crippen LogP contribution in [0.2, 0.25) is 0 Å². The molecule has 27 heavy (non-hydrogen) atoms. The van der Waals surface area contributed by atoms with E-state index in [2.05, 4.69) is 36.7 Å². The van der Waals surface area contributed by atoms with Crippen LogP contribution in [0, 0.1) is 0 Å². The van der Waals surface area contributed by atoms with E-state index in [1.54, 1.807) is 37.2 Å². The summed E-state index contributed by atoms with van der Waals surface area (Å²) in [6.45, 7) is 1.75. The lowest BCUT2D eigenvalue weighted by atomic mass is 10.1. The van der Waals surface area contributed by atoms with Crippen LogP contribution in [0.5, 0.6) is 0 Å². The first-order chi connectivity index (χ1) is 13.3. The molecule has 0 aliphatic carbocycles. The van der Waals surface area contributed by atoms with Gasteiger partial charge in [-0.15, -0.1) is 0 Å². The van der Waals surface area contributed by atoms with Crippen molar-refractivity contribution in [2.45, 2.75) is 6.04 Å². The van der Waals surface area contributed by atoms with Gasteiger partial charge < -0.3 is 15.5 Å². The summed E-state index contributed by atoms with van der Waals surface area (Å²) in [5.74, 6) is 0.376. The van der Waals surface area contributed by atoms with E-state index in [1.807, 2.05) is 23.2 Å². The van der Waals surface area contributed by atoms with Crippen molar-refractivity contribution < 1.29 is 4.79 Å². The maximum Gasteiger partial charge on any atom is 0.245 e. The Kier molecular flexibility index (Phi) is 4.86. The molecule has 0 fully saturated rings. The molecule has 8 nitrogen and oxygen atoms in total. The quantitative estimate of drug-likeness (QED) is 0.832. The normalized spacial score (nSPS) is 18.1. The average Bonchev–Trinajstić information content (AvgIpc) is 3.18. The zero-order chi connectivity index (χ0) is 18.5. The molecule has 0 aromatic carbocycles. The molecule has 0 saturated carbocycles. The number of aromatic nitrogens is 3. The Morgan fingerprint density at radius 1 is 1.26 bits per heavy atom. The molecular formula is C19H19N7O. The Morgan fingerprint density at radius 3 is 2.96 bits per heavy atom. The molecule has 8 heteroatoms. The van der Waals surface area contributed by atoms with E-state index in [9.17, 15) is 4.79 Å². The fraction of sp³-hybridized carbons (Fsp3) is 0.211. The summed E-state index contributed by atoms with van der Waals surface area (Å²) in [6.07, 6.45) is 14.4. The maximum absolute atomic E-state index is 12.3. The molecule has 0 radical (unpaired) electrons. The molecule has 2 aromatic heterocycles. The molecule has 4 heterocycles. The summed E-state index contributed by atoms with van der Waals surface area (Å²) in [5, 5.41) is 5.94. The van der Waals surface area contributed by atoms with Crippen LogP contribution in [0.1, 0.15) is 0 Å². The van der Waals surface area contributed by atoms with Crippen molar-refractivity contribution in [2.24, 2.45) is 4.99 Å². The fourth-order valence-electron chi connectivity index (χ4n) is 2.94. The van der Waals surface area contributed by atoms with Crippen molar-refractivity contribution in [3.05, 3.63) is 60.8 Å². The number of carbonyl (C=O) groups excluding carboxylic acids is 1. The van der Waals surface area contributed by atoms with E-state index in [0.717, 1.165) is 17.8 Å². The minimum atomic E-state index is -0.128. The zero-order valence-corrected chi connectivity index (χ0v) is 14.6. The van der Waals surface area contributed by atoms with Gasteiger partial charge in [-0.05, 0) is 30.0 Å². The largest absolute Gasteiger partial charge is 0.387 e. The van der Waals surface area contributed by atoms with Gasteiger partial charge in [-0.2, -0.15) is 0 Å². The standard InChI is InChI=1S/C19H19N7O/c27-19(12-26-11-17(24-13-26)14-3-5-20-6-4-14)25-18-2-1-15(9-23-18)16-10-21-7-8-22-16/h1-5,7-10,13,17,20H,6,11-12H2,(H,23,25,27). The Balaban J connectivity index is 1.30. The van der Waals surface area contributed by atoms with E-state index in [0.29, 0.717) is 12.4 Å². The Morgan fingerprint density at radius 2 is 2.22 bits per heavy atom. The predicted molar refractivity (Wildman–Crippen MR) is 103 cm³/mol. The third-order valence-corrected chi connectivity index (χ3v) is 4.29. The molecule has 1 amide bonds. The van der Waals surface area contributed by atoms with Crippen molar-refractivity contribution in [3.63, 3.8) is 0 Å². The fourth-order valence-corrected chi connectivity index (χ4v) is 2.94. The molecule has 1 unspecified atom stereocenters. The lowest BCUT2D eigenvalue weighted by Crippen LogP contribution is -2.33. The Bertz CT molecular complexity index is 890. The topological polar surface area (TPSA) is 95.4 Å². The van der Waals surface area contributed by atoms with Crippen molar-refractivity contribution in [3.8, 4) is 11.3 Å². The van der Waals surface area contributed by atoms with Crippen molar-refractivity contribution >= 4 is 18.1 Å². The second-order valence-corrected chi connectivity index (χ2v) is 6.23. The van der Waals surface area contributed by atoms with Gasteiger partial charge in [0.25, 0.3) is 0 Å². The first kappa shape index (κ1) is 16.9. The number of rotatable bonds is 5. The van der Waals surface area contributed by atoms with Gasteiger partial charge in [-0.25, -0.2) is 4.98 Å². The summed E-state index contributed by atoms with van der Waals surface area (Å²) in [6, 6.07) is 3.70. The van der Waals surface area contributed by atoms with Gasteiger partial charge in [-0.3, -0.25) is 19.8 Å². The lowest BCUT2D eigenvalue weighted by molar-refractivity contribution is -0.116. The van der Waals surface area contributed by atoms with Crippen LogP contribution in [-0.4, -0.2) is 57.8 Å². The zero-order valence-electron chi connectivity index (χ0n) is 14.6. The minimum Gasteiger partial charge on any atom is -0.387 e. The molecular weight excluding hydrogens is 342 g/mol. The van der Waals surface area contributed by atoms with Crippen LogP contribution < -0.4 is 10.6 Å². The lowest BCUT2D eigenvalue weighted by Gasteiger charge is -2.17. The Hall–Kier alpha value is -3.55. The van der Waals surface area contributed by atoms with Gasteiger partial charge in [-0.1, -0.05) is 6.08 Å². The molecule has 1 atom stereocenters. The van der Waals surface area contributed by atoms with Gasteiger partial charge in [0.15, 0.2) is 0 Å². The van der Waals surface area contributed by atoms with E-state index in [4.69, 9.17) is 0 Å². The molecule has 2 N–H and O–H groups in total. The van der Waals surface area contributed by atoms with Gasteiger partial charge >= 0.3 is 0 Å². The molecule has 2 aliphatic heterocycles. The highest BCUT2D eigenvalue weighted by atomic mass is 16.2. The van der Waals surface area contributed by atoms with Crippen LogP contribution in [-0.2, 0) is 4.79 Å². The number of hydrogen-bond donors (Lipinski definition) is 2. The number of dihydropyridines is 1. The highest BCUT2D eigenvalue weighted by molar-refractivity contribution is 5.92.